The van der Waals surface area contributed by atoms with Crippen molar-refractivity contribution < 1.29 is 14.3 Å². The summed E-state index contributed by atoms with van der Waals surface area (Å²) in [5.41, 5.74) is 4.03. The molecule has 0 unspecified atom stereocenters. The predicted octanol–water partition coefficient (Wildman–Crippen LogP) is -0.433. The molecule has 1 fully saturated rings. The molecule has 0 spiro atoms. The van der Waals surface area contributed by atoms with Crippen molar-refractivity contribution >= 4 is 11.9 Å². The third kappa shape index (κ3) is 1.10. The van der Waals surface area contributed by atoms with E-state index in [1.54, 1.807) is 0 Å². The van der Waals surface area contributed by atoms with Crippen LogP contribution in [0.4, 0.5) is 0 Å². The van der Waals surface area contributed by atoms with Crippen molar-refractivity contribution in [2.24, 2.45) is 5.73 Å². The first kappa shape index (κ1) is 7.05. The van der Waals surface area contributed by atoms with Crippen LogP contribution in [0.25, 0.3) is 0 Å². The highest BCUT2D eigenvalue weighted by Gasteiger charge is 2.52. The van der Waals surface area contributed by atoms with Crippen LogP contribution in [-0.2, 0) is 14.3 Å². The van der Waals surface area contributed by atoms with Gasteiger partial charge in [-0.15, -0.1) is 0 Å². The van der Waals surface area contributed by atoms with Gasteiger partial charge in [0.15, 0.2) is 5.60 Å². The maximum atomic E-state index is 10.6. The summed E-state index contributed by atoms with van der Waals surface area (Å²) >= 11 is 0. The molecular weight excluding hydrogens is 134 g/mol. The molecular formula is C6H9NO3. The average molecular weight is 143 g/mol. The highest BCUT2D eigenvalue weighted by atomic mass is 16.6. The number of rotatable bonds is 2. The molecule has 4 heteroatoms. The Morgan fingerprint density at radius 3 is 2.10 bits per heavy atom. The number of nitrogens with two attached hydrogens (primary N) is 1. The summed E-state index contributed by atoms with van der Waals surface area (Å²) in [6.07, 6.45) is 1.14. The molecule has 4 nitrogen and oxygen atoms in total. The van der Waals surface area contributed by atoms with E-state index >= 15 is 0 Å². The van der Waals surface area contributed by atoms with Gasteiger partial charge < -0.3 is 10.5 Å². The summed E-state index contributed by atoms with van der Waals surface area (Å²) < 4.78 is 4.70. The van der Waals surface area contributed by atoms with Crippen LogP contribution in [0.2, 0.25) is 0 Å². The van der Waals surface area contributed by atoms with Crippen LogP contribution in [0.15, 0.2) is 0 Å². The minimum Gasteiger partial charge on any atom is -0.449 e. The van der Waals surface area contributed by atoms with E-state index < -0.39 is 17.5 Å². The molecule has 0 aliphatic heterocycles. The Kier molecular flexibility index (Phi) is 1.39. The zero-order valence-corrected chi connectivity index (χ0v) is 5.72. The number of amides is 1. The molecule has 0 atom stereocenters. The van der Waals surface area contributed by atoms with Crippen molar-refractivity contribution in [2.75, 3.05) is 0 Å². The molecule has 1 rings (SSSR count). The fraction of sp³-hybridized carbons (Fsp3) is 0.667. The van der Waals surface area contributed by atoms with Gasteiger partial charge in [-0.3, -0.25) is 9.59 Å². The van der Waals surface area contributed by atoms with Crippen LogP contribution >= 0.6 is 0 Å². The smallest absolute Gasteiger partial charge is 0.303 e. The lowest BCUT2D eigenvalue weighted by atomic mass is 10.3. The first-order valence-electron chi connectivity index (χ1n) is 3.06. The van der Waals surface area contributed by atoms with E-state index in [2.05, 4.69) is 0 Å². The lowest BCUT2D eigenvalue weighted by molar-refractivity contribution is -0.155. The normalized spacial score (nSPS) is 19.7. The average Bonchev–Trinajstić information content (AvgIpc) is 2.46. The van der Waals surface area contributed by atoms with E-state index in [0.717, 1.165) is 0 Å². The number of hydrogen-bond acceptors (Lipinski definition) is 3. The van der Waals surface area contributed by atoms with E-state index in [1.807, 2.05) is 0 Å². The molecule has 0 radical (unpaired) electrons. The number of carbonyl (C=O) groups excluding carboxylic acids is 2. The Morgan fingerprint density at radius 1 is 1.50 bits per heavy atom. The lowest BCUT2D eigenvalue weighted by Crippen LogP contribution is -2.34. The van der Waals surface area contributed by atoms with Gasteiger partial charge in [0.1, 0.15) is 0 Å². The Balaban J connectivity index is 2.53. The summed E-state index contributed by atoms with van der Waals surface area (Å²) in [6, 6.07) is 0. The Bertz CT molecular complexity index is 183. The summed E-state index contributed by atoms with van der Waals surface area (Å²) in [5.74, 6) is -0.987. The number of ether oxygens (including phenoxy) is 1. The second-order valence-electron chi connectivity index (χ2n) is 2.45. The topological polar surface area (TPSA) is 69.4 Å². The van der Waals surface area contributed by atoms with Gasteiger partial charge in [-0.1, -0.05) is 0 Å². The maximum Gasteiger partial charge on any atom is 0.303 e. The summed E-state index contributed by atoms with van der Waals surface area (Å²) in [4.78, 5) is 20.9. The molecule has 0 aromatic heterocycles. The SMILES string of the molecule is CC(=O)OC1(C(N)=O)CC1. The molecule has 0 aromatic carbocycles. The van der Waals surface area contributed by atoms with E-state index in [-0.39, 0.29) is 0 Å². The second-order valence-corrected chi connectivity index (χ2v) is 2.45. The van der Waals surface area contributed by atoms with Crippen LogP contribution in [0.5, 0.6) is 0 Å². The van der Waals surface area contributed by atoms with Crippen LogP contribution in [0.3, 0.4) is 0 Å². The van der Waals surface area contributed by atoms with Gasteiger partial charge in [0.25, 0.3) is 5.91 Å². The third-order valence-electron chi connectivity index (χ3n) is 1.49. The summed E-state index contributed by atoms with van der Waals surface area (Å²) in [6.45, 7) is 1.27. The standard InChI is InChI=1S/C6H9NO3/c1-4(8)10-6(2-3-6)5(7)9/h2-3H2,1H3,(H2,7,9). The molecule has 1 aliphatic carbocycles. The molecule has 0 heterocycles. The highest BCUT2D eigenvalue weighted by Crippen LogP contribution is 2.39. The number of hydrogen-bond donors (Lipinski definition) is 1. The second kappa shape index (κ2) is 1.97. The van der Waals surface area contributed by atoms with Gasteiger partial charge in [-0.25, -0.2) is 0 Å². The fourth-order valence-electron chi connectivity index (χ4n) is 0.787. The zero-order valence-electron chi connectivity index (χ0n) is 5.72. The number of primary amides is 1. The minimum absolute atomic E-state index is 0.448. The van der Waals surface area contributed by atoms with E-state index in [0.29, 0.717) is 12.8 Å². The zero-order chi connectivity index (χ0) is 7.78. The largest absolute Gasteiger partial charge is 0.449 e. The molecule has 10 heavy (non-hydrogen) atoms. The van der Waals surface area contributed by atoms with Gasteiger partial charge >= 0.3 is 5.97 Å². The molecule has 1 saturated carbocycles. The van der Waals surface area contributed by atoms with Gasteiger partial charge in [0.2, 0.25) is 0 Å². The molecule has 0 saturated heterocycles. The summed E-state index contributed by atoms with van der Waals surface area (Å²) in [5, 5.41) is 0. The van der Waals surface area contributed by atoms with E-state index in [4.69, 9.17) is 10.5 Å². The van der Waals surface area contributed by atoms with Crippen molar-refractivity contribution in [3.63, 3.8) is 0 Å². The molecule has 1 amide bonds. The minimum atomic E-state index is -0.939. The molecule has 56 valence electrons. The van der Waals surface area contributed by atoms with Crippen LogP contribution in [-0.4, -0.2) is 17.5 Å². The van der Waals surface area contributed by atoms with E-state index in [1.165, 1.54) is 6.92 Å². The first-order chi connectivity index (χ1) is 4.57. The van der Waals surface area contributed by atoms with Gasteiger partial charge in [-0.05, 0) is 0 Å². The molecule has 2 N–H and O–H groups in total. The summed E-state index contributed by atoms with van der Waals surface area (Å²) in [7, 11) is 0. The molecule has 0 bridgehead atoms. The van der Waals surface area contributed by atoms with Crippen LogP contribution < -0.4 is 5.73 Å². The van der Waals surface area contributed by atoms with Crippen LogP contribution in [0.1, 0.15) is 19.8 Å². The van der Waals surface area contributed by atoms with Crippen molar-refractivity contribution in [2.45, 2.75) is 25.4 Å². The Labute approximate surface area is 58.3 Å². The lowest BCUT2D eigenvalue weighted by Gasteiger charge is -2.09. The van der Waals surface area contributed by atoms with Gasteiger partial charge in [0.05, 0.1) is 0 Å². The van der Waals surface area contributed by atoms with E-state index in [9.17, 15) is 9.59 Å². The highest BCUT2D eigenvalue weighted by molar-refractivity contribution is 5.88. The molecule has 0 aromatic rings. The predicted molar refractivity (Wildman–Crippen MR) is 32.9 cm³/mol. The number of esters is 1. The van der Waals surface area contributed by atoms with Gasteiger partial charge in [0, 0.05) is 19.8 Å². The van der Waals surface area contributed by atoms with Crippen molar-refractivity contribution in [1.82, 2.24) is 0 Å². The van der Waals surface area contributed by atoms with Crippen LogP contribution in [0, 0.1) is 0 Å². The monoisotopic (exact) mass is 143 g/mol. The Hall–Kier alpha value is -1.06. The maximum absolute atomic E-state index is 10.6. The van der Waals surface area contributed by atoms with Crippen molar-refractivity contribution in [3.8, 4) is 0 Å². The third-order valence-corrected chi connectivity index (χ3v) is 1.49. The van der Waals surface area contributed by atoms with Gasteiger partial charge in [-0.2, -0.15) is 0 Å². The fourth-order valence-corrected chi connectivity index (χ4v) is 0.787. The first-order valence-corrected chi connectivity index (χ1v) is 3.06. The van der Waals surface area contributed by atoms with Crippen molar-refractivity contribution in [3.05, 3.63) is 0 Å². The Morgan fingerprint density at radius 2 is 2.00 bits per heavy atom. The van der Waals surface area contributed by atoms with Crippen molar-refractivity contribution in [1.29, 1.82) is 0 Å². The number of carbonyl (C=O) groups is 2. The quantitative estimate of drug-likeness (QED) is 0.533. The molecule has 1 aliphatic rings.